The normalized spacial score (nSPS) is 12.5. The van der Waals surface area contributed by atoms with Crippen molar-refractivity contribution in [3.63, 3.8) is 0 Å². The van der Waals surface area contributed by atoms with Crippen molar-refractivity contribution in [2.24, 2.45) is 20.5 Å². The molecular formula is C34H27N5NaO11S3+. The van der Waals surface area contributed by atoms with Crippen molar-refractivity contribution in [3.8, 4) is 22.6 Å². The second kappa shape index (κ2) is 14.8. The van der Waals surface area contributed by atoms with E-state index >= 15 is 0 Å². The summed E-state index contributed by atoms with van der Waals surface area (Å²) in [6.45, 7) is 3.47. The van der Waals surface area contributed by atoms with Crippen LogP contribution < -0.4 is 35.3 Å². The van der Waals surface area contributed by atoms with Gasteiger partial charge in [0.2, 0.25) is 0 Å². The second-order valence-corrected chi connectivity index (χ2v) is 15.9. The number of phenols is 2. The molecule has 0 fully saturated rings. The van der Waals surface area contributed by atoms with E-state index in [1.54, 1.807) is 44.2 Å². The average molecular weight is 801 g/mol. The Balaban J connectivity index is 0.00000561. The van der Waals surface area contributed by atoms with Gasteiger partial charge < -0.3 is 15.9 Å². The summed E-state index contributed by atoms with van der Waals surface area (Å²) in [5.41, 5.74) is 8.71. The first-order valence-corrected chi connectivity index (χ1v) is 19.4. The number of rotatable bonds is 8. The number of hydrogen-bond acceptors (Lipinski definition) is 13. The van der Waals surface area contributed by atoms with E-state index in [1.807, 2.05) is 6.07 Å². The molecule has 0 amide bonds. The largest absolute Gasteiger partial charge is 1.00 e. The van der Waals surface area contributed by atoms with Crippen molar-refractivity contribution in [2.75, 3.05) is 5.73 Å². The van der Waals surface area contributed by atoms with Gasteiger partial charge in [0.1, 0.15) is 26.1 Å². The van der Waals surface area contributed by atoms with E-state index in [1.165, 1.54) is 30.3 Å². The summed E-state index contributed by atoms with van der Waals surface area (Å²) in [5.74, 6) is -1.37. The molecule has 6 rings (SSSR count). The van der Waals surface area contributed by atoms with E-state index < -0.39 is 67.6 Å². The zero-order valence-corrected chi connectivity index (χ0v) is 32.8. The molecule has 7 N–H and O–H groups in total. The van der Waals surface area contributed by atoms with Crippen LogP contribution in [0.1, 0.15) is 11.1 Å². The minimum atomic E-state index is -4.99. The molecule has 20 heteroatoms. The molecule has 0 atom stereocenters. The van der Waals surface area contributed by atoms with Crippen LogP contribution in [0.2, 0.25) is 0 Å². The van der Waals surface area contributed by atoms with Crippen LogP contribution in [0.15, 0.2) is 120 Å². The van der Waals surface area contributed by atoms with E-state index in [9.17, 15) is 49.1 Å². The molecule has 16 nitrogen and oxygen atoms in total. The molecule has 6 aromatic rings. The van der Waals surface area contributed by atoms with Gasteiger partial charge in [-0.1, -0.05) is 30.3 Å². The number of fused-ring (bicyclic) bond motifs is 2. The van der Waals surface area contributed by atoms with Crippen LogP contribution in [0.5, 0.6) is 11.5 Å². The average Bonchev–Trinajstić information content (AvgIpc) is 3.06. The number of nitrogen functional groups attached to an aromatic ring is 1. The monoisotopic (exact) mass is 800 g/mol. The molecule has 0 aliphatic carbocycles. The maximum atomic E-state index is 12.2. The third-order valence-corrected chi connectivity index (χ3v) is 10.9. The maximum absolute atomic E-state index is 12.2. The Labute approximate surface area is 330 Å². The Kier molecular flexibility index (Phi) is 11.0. The number of aryl methyl sites for hydroxylation is 2. The van der Waals surface area contributed by atoms with Crippen molar-refractivity contribution in [2.45, 2.75) is 28.5 Å². The number of benzene rings is 6. The minimum Gasteiger partial charge on any atom is -0.505 e. The van der Waals surface area contributed by atoms with Crippen molar-refractivity contribution < 1.29 is 78.7 Å². The Hall–Kier alpha value is -4.83. The third kappa shape index (κ3) is 7.85. The van der Waals surface area contributed by atoms with Gasteiger partial charge >= 0.3 is 29.6 Å². The Bertz CT molecular complexity index is 2940. The first kappa shape index (κ1) is 40.4. The quantitative estimate of drug-likeness (QED) is 0.0522. The maximum Gasteiger partial charge on any atom is 1.00 e. The molecule has 0 spiro atoms. The minimum absolute atomic E-state index is 0. The Morgan fingerprint density at radius 2 is 1.06 bits per heavy atom. The molecule has 0 saturated carbocycles. The number of nitrogens with zero attached hydrogens (tertiary/aromatic N) is 4. The van der Waals surface area contributed by atoms with Gasteiger partial charge in [-0.15, -0.1) is 10.2 Å². The summed E-state index contributed by atoms with van der Waals surface area (Å²) >= 11 is 0. The zero-order chi connectivity index (χ0) is 38.6. The summed E-state index contributed by atoms with van der Waals surface area (Å²) in [5, 5.41) is 37.6. The molecule has 0 saturated heterocycles. The van der Waals surface area contributed by atoms with E-state index in [4.69, 9.17) is 5.73 Å². The fraction of sp³-hybridized carbons (Fsp3) is 0.0588. The fourth-order valence-corrected chi connectivity index (χ4v) is 7.77. The van der Waals surface area contributed by atoms with Crippen molar-refractivity contribution >= 4 is 80.3 Å². The van der Waals surface area contributed by atoms with Crippen LogP contribution >= 0.6 is 0 Å². The third-order valence-electron chi connectivity index (χ3n) is 8.25. The molecule has 0 heterocycles. The summed E-state index contributed by atoms with van der Waals surface area (Å²) in [6, 6.07) is 19.7. The van der Waals surface area contributed by atoms with Crippen molar-refractivity contribution in [1.29, 1.82) is 0 Å². The van der Waals surface area contributed by atoms with Crippen LogP contribution in [0.25, 0.3) is 32.7 Å². The summed E-state index contributed by atoms with van der Waals surface area (Å²) in [4.78, 5) is -1.97. The van der Waals surface area contributed by atoms with Crippen molar-refractivity contribution in [1.82, 2.24) is 0 Å². The number of anilines is 1. The van der Waals surface area contributed by atoms with Gasteiger partial charge in [0.25, 0.3) is 30.4 Å². The number of azo groups is 2. The molecule has 0 bridgehead atoms. The molecule has 54 heavy (non-hydrogen) atoms. The topological polar surface area (TPSA) is 279 Å². The van der Waals surface area contributed by atoms with Gasteiger partial charge in [0.15, 0.2) is 11.5 Å². The molecule has 0 unspecified atom stereocenters. The van der Waals surface area contributed by atoms with Crippen LogP contribution in [-0.2, 0) is 30.4 Å². The van der Waals surface area contributed by atoms with Crippen LogP contribution in [0.4, 0.5) is 28.4 Å². The van der Waals surface area contributed by atoms with E-state index in [0.29, 0.717) is 16.8 Å². The standard InChI is InChI=1S/C34H27N5O11S3.Na/c1-17-14-19(6-10-24(17)36-38-26-12-8-22-27(51(42,43)44)13-9-23(35)31(22)33(26)40)20-7-11-25(18(2)15-20)37-39-32-29(53(48,49)50)16-21-4-3-5-28(52(45,46)47)30(21)34(32)41;/h3-16,40-41H,35H2,1-2H3,(H,42,43,44)(H,45,46,47)(H,48,49,50);/q;+1. The number of hydrogen-bond donors (Lipinski definition) is 6. The Morgan fingerprint density at radius 1 is 0.537 bits per heavy atom. The van der Waals surface area contributed by atoms with Gasteiger partial charge in [-0.05, 0) is 96.1 Å². The van der Waals surface area contributed by atoms with Gasteiger partial charge in [-0.2, -0.15) is 35.5 Å². The first-order valence-electron chi connectivity index (χ1n) is 15.1. The fourth-order valence-electron chi connectivity index (χ4n) is 5.70. The summed E-state index contributed by atoms with van der Waals surface area (Å²) in [6.07, 6.45) is 0. The first-order chi connectivity index (χ1) is 24.8. The summed E-state index contributed by atoms with van der Waals surface area (Å²) in [7, 11) is -14.4. The molecule has 0 aliphatic heterocycles. The van der Waals surface area contributed by atoms with Gasteiger partial charge in [-0.25, -0.2) is 0 Å². The van der Waals surface area contributed by atoms with Crippen LogP contribution in [-0.4, -0.2) is 49.1 Å². The van der Waals surface area contributed by atoms with E-state index in [2.05, 4.69) is 20.5 Å². The number of nitrogens with two attached hydrogens (primary N) is 1. The summed E-state index contributed by atoms with van der Waals surface area (Å²) < 4.78 is 101. The van der Waals surface area contributed by atoms with Crippen molar-refractivity contribution in [3.05, 3.63) is 96.1 Å². The van der Waals surface area contributed by atoms with Crippen LogP contribution in [0, 0.1) is 13.8 Å². The van der Waals surface area contributed by atoms with E-state index in [0.717, 1.165) is 29.3 Å². The molecule has 0 radical (unpaired) electrons. The molecule has 0 aromatic heterocycles. The molecule has 0 aliphatic rings. The predicted octanol–water partition coefficient (Wildman–Crippen LogP) is 4.85. The van der Waals surface area contributed by atoms with Crippen LogP contribution in [0.3, 0.4) is 0 Å². The molecule has 272 valence electrons. The SMILES string of the molecule is Cc1cc(-c2ccc(N=Nc3c(S(=O)(=O)O)cc4cccc(S(=O)(=O)O)c4c3O)c(C)c2)ccc1N=Nc1ccc2c(S(=O)(=O)O)ccc(N)c2c1O.[Na+]. The van der Waals surface area contributed by atoms with Gasteiger partial charge in [0.05, 0.1) is 16.8 Å². The molecule has 6 aromatic carbocycles. The van der Waals surface area contributed by atoms with Gasteiger partial charge in [0, 0.05) is 16.5 Å². The number of phenolic OH excluding ortho intramolecular Hbond substituents is 2. The Morgan fingerprint density at radius 3 is 1.59 bits per heavy atom. The van der Waals surface area contributed by atoms with E-state index in [-0.39, 0.29) is 62.8 Å². The predicted molar refractivity (Wildman–Crippen MR) is 195 cm³/mol. The molecular weight excluding hydrogens is 774 g/mol. The zero-order valence-electron chi connectivity index (χ0n) is 28.4. The smallest absolute Gasteiger partial charge is 0.505 e. The second-order valence-electron chi connectivity index (χ2n) is 11.8. The van der Waals surface area contributed by atoms with Gasteiger partial charge in [-0.3, -0.25) is 13.7 Å². The number of aromatic hydroxyl groups is 2.